The molecular weight excluding hydrogens is 366 g/mol. The van der Waals surface area contributed by atoms with E-state index >= 15 is 0 Å². The Kier molecular flexibility index (Phi) is 5.03. The molecule has 0 aliphatic rings. The Balaban J connectivity index is 1.40. The zero-order valence-corrected chi connectivity index (χ0v) is 16.0. The average molecular weight is 385 g/mol. The first-order valence-corrected chi connectivity index (χ1v) is 9.09. The molecule has 0 saturated carbocycles. The molecular formula is C22H19N5O2. The molecule has 29 heavy (non-hydrogen) atoms. The van der Waals surface area contributed by atoms with Crippen molar-refractivity contribution in [3.8, 4) is 17.4 Å². The minimum Gasteiger partial charge on any atom is -0.438 e. The molecule has 0 radical (unpaired) electrons. The number of anilines is 1. The average Bonchev–Trinajstić information content (AvgIpc) is 3.25. The third kappa shape index (κ3) is 4.30. The molecule has 0 bridgehead atoms. The summed E-state index contributed by atoms with van der Waals surface area (Å²) in [6, 6.07) is 18.2. The minimum absolute atomic E-state index is 0.142. The second-order valence-electron chi connectivity index (χ2n) is 6.58. The third-order valence-corrected chi connectivity index (χ3v) is 4.33. The maximum atomic E-state index is 12.5. The van der Waals surface area contributed by atoms with Crippen LogP contribution in [0.25, 0.3) is 5.82 Å². The normalized spacial score (nSPS) is 10.6. The molecule has 0 spiro atoms. The number of nitrogens with zero attached hydrogens (tertiary/aromatic N) is 4. The van der Waals surface area contributed by atoms with Crippen molar-refractivity contribution in [2.24, 2.45) is 0 Å². The SMILES string of the molecule is Cc1ccc(C(=O)Nc2ccc(Oc3ccc(-n4cccn4)nn3)cc2)c(C)c1. The van der Waals surface area contributed by atoms with Crippen molar-refractivity contribution in [1.82, 2.24) is 20.0 Å². The molecule has 4 aromatic rings. The van der Waals surface area contributed by atoms with Crippen molar-refractivity contribution in [2.45, 2.75) is 13.8 Å². The summed E-state index contributed by atoms with van der Waals surface area (Å²) in [6.07, 6.45) is 3.46. The number of rotatable bonds is 5. The van der Waals surface area contributed by atoms with Crippen molar-refractivity contribution >= 4 is 11.6 Å². The minimum atomic E-state index is -0.142. The fourth-order valence-electron chi connectivity index (χ4n) is 2.89. The van der Waals surface area contributed by atoms with Gasteiger partial charge in [0.15, 0.2) is 5.82 Å². The number of carbonyl (C=O) groups is 1. The fourth-order valence-corrected chi connectivity index (χ4v) is 2.89. The maximum absolute atomic E-state index is 12.5. The standard InChI is InChI=1S/C22H19N5O2/c1-15-4-9-19(16(2)14-15)22(28)24-17-5-7-18(8-6-17)29-21-11-10-20(25-26-21)27-13-3-12-23-27/h3-14H,1-2H3,(H,24,28). The summed E-state index contributed by atoms with van der Waals surface area (Å²) in [5.74, 6) is 1.42. The third-order valence-electron chi connectivity index (χ3n) is 4.33. The van der Waals surface area contributed by atoms with E-state index in [0.717, 1.165) is 11.1 Å². The van der Waals surface area contributed by atoms with Crippen LogP contribution in [-0.2, 0) is 0 Å². The molecule has 1 N–H and O–H groups in total. The molecule has 0 fully saturated rings. The van der Waals surface area contributed by atoms with Crippen molar-refractivity contribution in [2.75, 3.05) is 5.32 Å². The van der Waals surface area contributed by atoms with Crippen LogP contribution in [0.2, 0.25) is 0 Å². The number of hydrogen-bond acceptors (Lipinski definition) is 5. The van der Waals surface area contributed by atoms with Crippen LogP contribution in [0.4, 0.5) is 5.69 Å². The maximum Gasteiger partial charge on any atom is 0.255 e. The number of ether oxygens (including phenoxy) is 1. The summed E-state index contributed by atoms with van der Waals surface area (Å²) < 4.78 is 7.33. The van der Waals surface area contributed by atoms with Gasteiger partial charge in [0.05, 0.1) is 0 Å². The lowest BCUT2D eigenvalue weighted by atomic mass is 10.1. The quantitative estimate of drug-likeness (QED) is 0.553. The van der Waals surface area contributed by atoms with Gasteiger partial charge in [0.2, 0.25) is 5.88 Å². The molecule has 1 amide bonds. The van der Waals surface area contributed by atoms with Gasteiger partial charge < -0.3 is 10.1 Å². The summed E-state index contributed by atoms with van der Waals surface area (Å²) in [5, 5.41) is 15.1. The Labute approximate surface area is 168 Å². The Morgan fingerprint density at radius 2 is 1.83 bits per heavy atom. The van der Waals surface area contributed by atoms with Gasteiger partial charge in [0.25, 0.3) is 5.91 Å². The smallest absolute Gasteiger partial charge is 0.255 e. The van der Waals surface area contributed by atoms with Gasteiger partial charge in [0.1, 0.15) is 5.75 Å². The summed E-state index contributed by atoms with van der Waals surface area (Å²) in [6.45, 7) is 3.93. The van der Waals surface area contributed by atoms with E-state index in [0.29, 0.717) is 28.7 Å². The Bertz CT molecular complexity index is 1120. The fraction of sp³-hybridized carbons (Fsp3) is 0.0909. The molecule has 0 atom stereocenters. The number of aromatic nitrogens is 4. The van der Waals surface area contributed by atoms with E-state index in [4.69, 9.17) is 4.74 Å². The van der Waals surface area contributed by atoms with Gasteiger partial charge >= 0.3 is 0 Å². The topological polar surface area (TPSA) is 81.9 Å². The zero-order chi connectivity index (χ0) is 20.2. The molecule has 2 heterocycles. The monoisotopic (exact) mass is 385 g/mol. The van der Waals surface area contributed by atoms with E-state index in [1.807, 2.05) is 38.1 Å². The van der Waals surface area contributed by atoms with Gasteiger partial charge in [-0.1, -0.05) is 17.7 Å². The molecule has 2 aromatic carbocycles. The number of amides is 1. The number of aryl methyl sites for hydroxylation is 2. The molecule has 4 rings (SSSR count). The van der Waals surface area contributed by atoms with E-state index < -0.39 is 0 Å². The summed E-state index contributed by atoms with van der Waals surface area (Å²) in [5.41, 5.74) is 3.41. The van der Waals surface area contributed by atoms with Crippen molar-refractivity contribution in [1.29, 1.82) is 0 Å². The van der Waals surface area contributed by atoms with E-state index in [1.54, 1.807) is 53.5 Å². The molecule has 0 aliphatic heterocycles. The highest BCUT2D eigenvalue weighted by Gasteiger charge is 2.09. The largest absolute Gasteiger partial charge is 0.438 e. The Hall–Kier alpha value is -4.00. The van der Waals surface area contributed by atoms with Gasteiger partial charge in [-0.05, 0) is 61.9 Å². The van der Waals surface area contributed by atoms with Crippen LogP contribution in [-0.4, -0.2) is 25.9 Å². The highest BCUT2D eigenvalue weighted by Crippen LogP contribution is 2.22. The molecule has 0 saturated heterocycles. The Morgan fingerprint density at radius 1 is 1.00 bits per heavy atom. The van der Waals surface area contributed by atoms with Crippen LogP contribution >= 0.6 is 0 Å². The lowest BCUT2D eigenvalue weighted by Crippen LogP contribution is -2.13. The molecule has 7 heteroatoms. The molecule has 0 unspecified atom stereocenters. The van der Waals surface area contributed by atoms with Crippen LogP contribution in [0.3, 0.4) is 0 Å². The lowest BCUT2D eigenvalue weighted by Gasteiger charge is -2.09. The van der Waals surface area contributed by atoms with Crippen LogP contribution in [0, 0.1) is 13.8 Å². The van der Waals surface area contributed by atoms with Gasteiger partial charge in [-0.3, -0.25) is 4.79 Å². The van der Waals surface area contributed by atoms with Crippen LogP contribution in [0.15, 0.2) is 73.1 Å². The van der Waals surface area contributed by atoms with E-state index in [2.05, 4.69) is 20.6 Å². The van der Waals surface area contributed by atoms with Crippen molar-refractivity contribution < 1.29 is 9.53 Å². The first-order valence-electron chi connectivity index (χ1n) is 9.09. The van der Waals surface area contributed by atoms with Gasteiger partial charge in [0, 0.05) is 29.7 Å². The predicted molar refractivity (Wildman–Crippen MR) is 110 cm³/mol. The van der Waals surface area contributed by atoms with Crippen LogP contribution < -0.4 is 10.1 Å². The predicted octanol–water partition coefficient (Wildman–Crippen LogP) is 4.32. The van der Waals surface area contributed by atoms with Gasteiger partial charge in [-0.15, -0.1) is 10.2 Å². The highest BCUT2D eigenvalue weighted by molar-refractivity contribution is 6.05. The second-order valence-corrected chi connectivity index (χ2v) is 6.58. The second kappa shape index (κ2) is 7.93. The van der Waals surface area contributed by atoms with Crippen LogP contribution in [0.5, 0.6) is 11.6 Å². The number of benzene rings is 2. The van der Waals surface area contributed by atoms with Gasteiger partial charge in [-0.2, -0.15) is 5.10 Å². The van der Waals surface area contributed by atoms with Gasteiger partial charge in [-0.25, -0.2) is 4.68 Å². The first-order chi connectivity index (χ1) is 14.1. The highest BCUT2D eigenvalue weighted by atomic mass is 16.5. The summed E-state index contributed by atoms with van der Waals surface area (Å²) in [4.78, 5) is 12.5. The Morgan fingerprint density at radius 3 is 2.48 bits per heavy atom. The summed E-state index contributed by atoms with van der Waals surface area (Å²) >= 11 is 0. The molecule has 0 aliphatic carbocycles. The number of hydrogen-bond donors (Lipinski definition) is 1. The van der Waals surface area contributed by atoms with Crippen LogP contribution in [0.1, 0.15) is 21.5 Å². The molecule has 144 valence electrons. The summed E-state index contributed by atoms with van der Waals surface area (Å²) in [7, 11) is 0. The first kappa shape index (κ1) is 18.4. The van der Waals surface area contributed by atoms with Crippen molar-refractivity contribution in [3.05, 3.63) is 89.7 Å². The molecule has 2 aromatic heterocycles. The number of nitrogens with one attached hydrogen (secondary N) is 1. The van der Waals surface area contributed by atoms with E-state index in [9.17, 15) is 4.79 Å². The van der Waals surface area contributed by atoms with E-state index in [-0.39, 0.29) is 5.91 Å². The molecule has 7 nitrogen and oxygen atoms in total. The van der Waals surface area contributed by atoms with E-state index in [1.165, 1.54) is 0 Å². The lowest BCUT2D eigenvalue weighted by molar-refractivity contribution is 0.102. The number of carbonyl (C=O) groups excluding carboxylic acids is 1. The zero-order valence-electron chi connectivity index (χ0n) is 16.0. The van der Waals surface area contributed by atoms with Crippen molar-refractivity contribution in [3.63, 3.8) is 0 Å².